The molecule has 2 atom stereocenters. The Hall–Kier alpha value is -1.10. The van der Waals surface area contributed by atoms with Crippen LogP contribution in [-0.4, -0.2) is 49.6 Å². The highest BCUT2D eigenvalue weighted by atomic mass is 16.5. The monoisotopic (exact) mass is 270 g/mol. The number of carbonyl (C=O) groups is 2. The Balaban J connectivity index is 2.37. The van der Waals surface area contributed by atoms with Gasteiger partial charge < -0.3 is 10.1 Å². The van der Waals surface area contributed by atoms with Crippen LogP contribution < -0.4 is 5.32 Å². The molecule has 1 fully saturated rings. The summed E-state index contributed by atoms with van der Waals surface area (Å²) in [5.74, 6) is -0.592. The van der Waals surface area contributed by atoms with E-state index in [2.05, 4.69) is 15.0 Å². The molecule has 1 amide bonds. The van der Waals surface area contributed by atoms with E-state index >= 15 is 0 Å². The van der Waals surface area contributed by atoms with E-state index in [0.29, 0.717) is 6.54 Å². The molecule has 0 aliphatic carbocycles. The van der Waals surface area contributed by atoms with E-state index in [0.717, 1.165) is 25.9 Å². The Labute approximate surface area is 115 Å². The fourth-order valence-corrected chi connectivity index (χ4v) is 2.33. The highest BCUT2D eigenvalue weighted by Crippen LogP contribution is 2.12. The smallest absolute Gasteiger partial charge is 0.310 e. The second kappa shape index (κ2) is 8.15. The van der Waals surface area contributed by atoms with Crippen molar-refractivity contribution in [2.75, 3.05) is 26.7 Å². The van der Waals surface area contributed by atoms with Crippen molar-refractivity contribution < 1.29 is 14.3 Å². The van der Waals surface area contributed by atoms with Gasteiger partial charge in [0, 0.05) is 6.54 Å². The molecule has 1 heterocycles. The molecule has 0 radical (unpaired) electrons. The minimum absolute atomic E-state index is 0.00217. The van der Waals surface area contributed by atoms with Crippen LogP contribution in [0.1, 0.15) is 39.5 Å². The normalized spacial score (nSPS) is 20.2. The molecular weight excluding hydrogens is 244 g/mol. The molecule has 110 valence electrons. The second-order valence-corrected chi connectivity index (χ2v) is 5.30. The van der Waals surface area contributed by atoms with E-state index in [-0.39, 0.29) is 23.8 Å². The predicted molar refractivity (Wildman–Crippen MR) is 73.7 cm³/mol. The van der Waals surface area contributed by atoms with E-state index < -0.39 is 0 Å². The standard InChI is InChI=1S/C14H26N2O3/c1-11(14(18)19-3)10-15-13(17)12(2)16-8-6-4-5-7-9-16/h11-12H,4-10H2,1-3H3,(H,15,17)/t11-,12+/m1/s1. The van der Waals surface area contributed by atoms with Crippen molar-refractivity contribution in [3.05, 3.63) is 0 Å². The van der Waals surface area contributed by atoms with E-state index in [1.54, 1.807) is 6.92 Å². The number of nitrogens with zero attached hydrogens (tertiary/aromatic N) is 1. The van der Waals surface area contributed by atoms with Crippen LogP contribution in [0, 0.1) is 5.92 Å². The minimum atomic E-state index is -0.301. The molecule has 1 aliphatic rings. The van der Waals surface area contributed by atoms with Crippen molar-refractivity contribution in [3.63, 3.8) is 0 Å². The van der Waals surface area contributed by atoms with Gasteiger partial charge in [-0.2, -0.15) is 0 Å². The number of hydrogen-bond acceptors (Lipinski definition) is 4. The summed E-state index contributed by atoms with van der Waals surface area (Å²) in [5.41, 5.74) is 0. The molecule has 0 saturated carbocycles. The largest absolute Gasteiger partial charge is 0.469 e. The number of methoxy groups -OCH3 is 1. The third kappa shape index (κ3) is 5.19. The summed E-state index contributed by atoms with van der Waals surface area (Å²) in [5, 5.41) is 2.83. The van der Waals surface area contributed by atoms with Crippen molar-refractivity contribution in [2.24, 2.45) is 5.92 Å². The van der Waals surface area contributed by atoms with Crippen LogP contribution in [0.3, 0.4) is 0 Å². The first kappa shape index (κ1) is 16.0. The van der Waals surface area contributed by atoms with Crippen molar-refractivity contribution in [1.82, 2.24) is 10.2 Å². The fourth-order valence-electron chi connectivity index (χ4n) is 2.33. The number of nitrogens with one attached hydrogen (secondary N) is 1. The maximum Gasteiger partial charge on any atom is 0.310 e. The van der Waals surface area contributed by atoms with Crippen LogP contribution in [0.2, 0.25) is 0 Å². The summed E-state index contributed by atoms with van der Waals surface area (Å²) in [6.45, 7) is 6.00. The van der Waals surface area contributed by atoms with Crippen LogP contribution in [0.5, 0.6) is 0 Å². The predicted octanol–water partition coefficient (Wildman–Crippen LogP) is 1.18. The maximum atomic E-state index is 12.1. The summed E-state index contributed by atoms with van der Waals surface area (Å²) in [7, 11) is 1.36. The van der Waals surface area contributed by atoms with Crippen LogP contribution in [0.4, 0.5) is 0 Å². The van der Waals surface area contributed by atoms with Gasteiger partial charge in [0.2, 0.25) is 5.91 Å². The quantitative estimate of drug-likeness (QED) is 0.762. The van der Waals surface area contributed by atoms with Crippen LogP contribution in [0.15, 0.2) is 0 Å². The topological polar surface area (TPSA) is 58.6 Å². The lowest BCUT2D eigenvalue weighted by atomic mass is 10.1. The van der Waals surface area contributed by atoms with E-state index in [9.17, 15) is 9.59 Å². The molecule has 1 aliphatic heterocycles. The van der Waals surface area contributed by atoms with Gasteiger partial charge in [-0.15, -0.1) is 0 Å². The van der Waals surface area contributed by atoms with E-state index in [1.807, 2.05) is 6.92 Å². The van der Waals surface area contributed by atoms with Crippen LogP contribution in [0.25, 0.3) is 0 Å². The molecular formula is C14H26N2O3. The van der Waals surface area contributed by atoms with E-state index in [4.69, 9.17) is 0 Å². The number of hydrogen-bond donors (Lipinski definition) is 1. The van der Waals surface area contributed by atoms with Crippen molar-refractivity contribution in [3.8, 4) is 0 Å². The Kier molecular flexibility index (Phi) is 6.84. The molecule has 0 bridgehead atoms. The SMILES string of the molecule is COC(=O)[C@H](C)CNC(=O)[C@H](C)N1CCCCCC1. The first-order valence-electron chi connectivity index (χ1n) is 7.16. The maximum absolute atomic E-state index is 12.1. The molecule has 1 rings (SSSR count). The van der Waals surface area contributed by atoms with Crippen molar-refractivity contribution in [1.29, 1.82) is 0 Å². The minimum Gasteiger partial charge on any atom is -0.469 e. The molecule has 19 heavy (non-hydrogen) atoms. The summed E-state index contributed by atoms with van der Waals surface area (Å²) < 4.78 is 4.64. The van der Waals surface area contributed by atoms with Gasteiger partial charge in [-0.3, -0.25) is 14.5 Å². The lowest BCUT2D eigenvalue weighted by Gasteiger charge is -2.26. The first-order valence-corrected chi connectivity index (χ1v) is 7.16. The molecule has 0 aromatic rings. The average molecular weight is 270 g/mol. The third-order valence-electron chi connectivity index (χ3n) is 3.75. The van der Waals surface area contributed by atoms with Gasteiger partial charge in [-0.1, -0.05) is 19.8 Å². The molecule has 5 nitrogen and oxygen atoms in total. The molecule has 0 aromatic carbocycles. The van der Waals surface area contributed by atoms with Crippen LogP contribution >= 0.6 is 0 Å². The number of likely N-dealkylation sites (tertiary alicyclic amines) is 1. The molecule has 5 heteroatoms. The highest BCUT2D eigenvalue weighted by molar-refractivity contribution is 5.82. The molecule has 1 N–H and O–H groups in total. The van der Waals surface area contributed by atoms with Gasteiger partial charge in [0.15, 0.2) is 0 Å². The second-order valence-electron chi connectivity index (χ2n) is 5.30. The van der Waals surface area contributed by atoms with Gasteiger partial charge in [-0.25, -0.2) is 0 Å². The summed E-state index contributed by atoms with van der Waals surface area (Å²) in [6.07, 6.45) is 4.83. The fraction of sp³-hybridized carbons (Fsp3) is 0.857. The highest BCUT2D eigenvalue weighted by Gasteiger charge is 2.23. The molecule has 0 unspecified atom stereocenters. The number of amides is 1. The van der Waals surface area contributed by atoms with Crippen molar-refractivity contribution in [2.45, 2.75) is 45.6 Å². The molecule has 0 spiro atoms. The van der Waals surface area contributed by atoms with E-state index in [1.165, 1.54) is 20.0 Å². The Morgan fingerprint density at radius 3 is 2.26 bits per heavy atom. The lowest BCUT2D eigenvalue weighted by molar-refractivity contribution is -0.144. The zero-order valence-corrected chi connectivity index (χ0v) is 12.3. The lowest BCUT2D eigenvalue weighted by Crippen LogP contribution is -2.47. The van der Waals surface area contributed by atoms with Gasteiger partial charge in [0.1, 0.15) is 0 Å². The summed E-state index contributed by atoms with van der Waals surface area (Å²) in [4.78, 5) is 25.5. The van der Waals surface area contributed by atoms with Gasteiger partial charge >= 0.3 is 5.97 Å². The summed E-state index contributed by atoms with van der Waals surface area (Å²) in [6, 6.07) is -0.122. The average Bonchev–Trinajstić information content (AvgIpc) is 2.71. The Morgan fingerprint density at radius 1 is 1.16 bits per heavy atom. The Morgan fingerprint density at radius 2 is 1.74 bits per heavy atom. The van der Waals surface area contributed by atoms with Crippen LogP contribution in [-0.2, 0) is 14.3 Å². The zero-order chi connectivity index (χ0) is 14.3. The number of esters is 1. The number of carbonyl (C=O) groups excluding carboxylic acids is 2. The van der Waals surface area contributed by atoms with Gasteiger partial charge in [0.25, 0.3) is 0 Å². The zero-order valence-electron chi connectivity index (χ0n) is 12.3. The summed E-state index contributed by atoms with van der Waals surface area (Å²) >= 11 is 0. The third-order valence-corrected chi connectivity index (χ3v) is 3.75. The molecule has 1 saturated heterocycles. The number of ether oxygens (including phenoxy) is 1. The molecule has 0 aromatic heterocycles. The first-order chi connectivity index (χ1) is 9.06. The Bertz CT molecular complexity index is 299. The van der Waals surface area contributed by atoms with Crippen molar-refractivity contribution >= 4 is 11.9 Å². The van der Waals surface area contributed by atoms with Gasteiger partial charge in [-0.05, 0) is 32.9 Å². The van der Waals surface area contributed by atoms with Gasteiger partial charge in [0.05, 0.1) is 19.1 Å². The number of rotatable bonds is 5.